The minimum atomic E-state index is 0.0454. The molecule has 5 rings (SSSR count). The van der Waals surface area contributed by atoms with E-state index in [9.17, 15) is 9.59 Å². The third kappa shape index (κ3) is 3.59. The minimum absolute atomic E-state index is 0.0454. The molecule has 0 saturated carbocycles. The van der Waals surface area contributed by atoms with Crippen LogP contribution in [0.15, 0.2) is 12.4 Å². The molecule has 162 valence electrons. The van der Waals surface area contributed by atoms with E-state index in [4.69, 9.17) is 9.97 Å². The van der Waals surface area contributed by atoms with E-state index in [2.05, 4.69) is 20.4 Å². The number of hydrogen-bond acceptors (Lipinski definition) is 6. The van der Waals surface area contributed by atoms with Crippen molar-refractivity contribution in [3.8, 4) is 0 Å². The second kappa shape index (κ2) is 8.16. The van der Waals surface area contributed by atoms with Crippen LogP contribution in [0.5, 0.6) is 0 Å². The first kappa shape index (κ1) is 19.2. The van der Waals surface area contributed by atoms with E-state index in [1.165, 1.54) is 0 Å². The van der Waals surface area contributed by atoms with Gasteiger partial charge in [0.05, 0.1) is 12.1 Å². The molecule has 0 radical (unpaired) electrons. The lowest BCUT2D eigenvalue weighted by atomic mass is 10.0. The van der Waals surface area contributed by atoms with Gasteiger partial charge >= 0.3 is 12.1 Å². The Hall–Kier alpha value is -2.78. The van der Waals surface area contributed by atoms with Gasteiger partial charge in [-0.1, -0.05) is 0 Å². The first-order valence-electron chi connectivity index (χ1n) is 11.1. The number of piperidine rings is 2. The Bertz CT molecular complexity index is 740. The van der Waals surface area contributed by atoms with Gasteiger partial charge in [0.2, 0.25) is 0 Å². The molecular weight excluding hydrogens is 384 g/mol. The van der Waals surface area contributed by atoms with Gasteiger partial charge in [-0.2, -0.15) is 0 Å². The quantitative estimate of drug-likeness (QED) is 0.743. The summed E-state index contributed by atoms with van der Waals surface area (Å²) in [4.78, 5) is 42.2. The average molecular weight is 415 g/mol. The molecular formula is C20H30N8O2. The maximum atomic E-state index is 12.1. The maximum absolute atomic E-state index is 12.1. The Morgan fingerprint density at radius 3 is 1.60 bits per heavy atom. The molecule has 0 bridgehead atoms. The zero-order valence-corrected chi connectivity index (χ0v) is 17.3. The summed E-state index contributed by atoms with van der Waals surface area (Å²) in [6.07, 6.45) is 7.60. The lowest BCUT2D eigenvalue weighted by molar-refractivity contribution is 0.188. The zero-order valence-electron chi connectivity index (χ0n) is 17.3. The van der Waals surface area contributed by atoms with E-state index < -0.39 is 0 Å². The highest BCUT2D eigenvalue weighted by atomic mass is 16.2. The first-order chi connectivity index (χ1) is 14.7. The molecule has 0 aliphatic carbocycles. The van der Waals surface area contributed by atoms with Gasteiger partial charge in [0.15, 0.2) is 11.6 Å². The maximum Gasteiger partial charge on any atom is 0.317 e. The number of nitrogens with zero attached hydrogens (tertiary/aromatic N) is 6. The summed E-state index contributed by atoms with van der Waals surface area (Å²) in [6, 6.07) is 0.505. The predicted octanol–water partition coefficient (Wildman–Crippen LogP) is 0.465. The van der Waals surface area contributed by atoms with Crippen LogP contribution in [0.1, 0.15) is 25.7 Å². The summed E-state index contributed by atoms with van der Waals surface area (Å²) >= 11 is 0. The van der Waals surface area contributed by atoms with Crippen molar-refractivity contribution < 1.29 is 9.59 Å². The molecule has 4 fully saturated rings. The topological polar surface area (TPSA) is 96.9 Å². The normalized spacial score (nSPS) is 27.5. The molecule has 30 heavy (non-hydrogen) atoms. The van der Waals surface area contributed by atoms with Gasteiger partial charge in [0.1, 0.15) is 0 Å². The molecule has 1 aromatic heterocycles. The van der Waals surface area contributed by atoms with Crippen LogP contribution >= 0.6 is 0 Å². The highest BCUT2D eigenvalue weighted by molar-refractivity contribution is 5.77. The second-order valence-electron chi connectivity index (χ2n) is 8.54. The van der Waals surface area contributed by atoms with E-state index in [0.717, 1.165) is 89.7 Å². The third-order valence-electron chi connectivity index (χ3n) is 6.71. The molecule has 4 saturated heterocycles. The Labute approximate surface area is 176 Å². The number of aromatic nitrogens is 2. The molecule has 0 aromatic carbocycles. The largest absolute Gasteiger partial charge is 0.351 e. The number of urea groups is 2. The molecule has 10 nitrogen and oxygen atoms in total. The summed E-state index contributed by atoms with van der Waals surface area (Å²) in [5, 5.41) is 5.83. The molecule has 5 heterocycles. The number of amides is 4. The van der Waals surface area contributed by atoms with Gasteiger partial charge in [-0.15, -0.1) is 0 Å². The number of rotatable bonds is 4. The summed E-state index contributed by atoms with van der Waals surface area (Å²) < 4.78 is 0. The lowest BCUT2D eigenvalue weighted by Gasteiger charge is -2.41. The highest BCUT2D eigenvalue weighted by Gasteiger charge is 2.35. The number of hydrogen-bond donors (Lipinski definition) is 2. The zero-order chi connectivity index (χ0) is 20.5. The van der Waals surface area contributed by atoms with Crippen molar-refractivity contribution in [3.63, 3.8) is 0 Å². The fourth-order valence-electron chi connectivity index (χ4n) is 5.24. The molecule has 4 amide bonds. The number of nitrogens with one attached hydrogen (secondary N) is 2. The van der Waals surface area contributed by atoms with Crippen LogP contribution in [0.3, 0.4) is 0 Å². The van der Waals surface area contributed by atoms with Gasteiger partial charge in [-0.05, 0) is 25.7 Å². The SMILES string of the molecule is O=C1NCCN1C1CCCN(c2nccnc2N2CCCC(N3CCNC3=O)C2)C1. The third-order valence-corrected chi connectivity index (χ3v) is 6.71. The highest BCUT2D eigenvalue weighted by Crippen LogP contribution is 2.31. The molecule has 4 aliphatic heterocycles. The molecule has 1 aromatic rings. The van der Waals surface area contributed by atoms with E-state index in [0.29, 0.717) is 0 Å². The molecule has 2 atom stereocenters. The van der Waals surface area contributed by atoms with Crippen LogP contribution < -0.4 is 20.4 Å². The first-order valence-corrected chi connectivity index (χ1v) is 11.1. The van der Waals surface area contributed by atoms with Crippen molar-refractivity contribution in [2.75, 3.05) is 62.2 Å². The van der Waals surface area contributed by atoms with Crippen molar-refractivity contribution in [1.29, 1.82) is 0 Å². The van der Waals surface area contributed by atoms with E-state index in [1.807, 2.05) is 9.80 Å². The smallest absolute Gasteiger partial charge is 0.317 e. The molecule has 10 heteroatoms. The molecule has 2 unspecified atom stereocenters. The van der Waals surface area contributed by atoms with Crippen molar-refractivity contribution in [1.82, 2.24) is 30.4 Å². The van der Waals surface area contributed by atoms with Crippen LogP contribution in [0.4, 0.5) is 21.2 Å². The van der Waals surface area contributed by atoms with E-state index >= 15 is 0 Å². The standard InChI is InChI=1S/C20H30N8O2/c29-19-23-7-11-27(19)15-3-1-9-25(13-15)17-18(22-6-5-21-17)26-10-2-4-16(14-26)28-12-8-24-20(28)30/h5-6,15-16H,1-4,7-14H2,(H,23,29)(H,24,30). The van der Waals surface area contributed by atoms with E-state index in [1.54, 1.807) is 12.4 Å². The monoisotopic (exact) mass is 414 g/mol. The van der Waals surface area contributed by atoms with Gasteiger partial charge in [0.25, 0.3) is 0 Å². The molecule has 4 aliphatic rings. The Morgan fingerprint density at radius 1 is 0.733 bits per heavy atom. The Morgan fingerprint density at radius 2 is 1.20 bits per heavy atom. The van der Waals surface area contributed by atoms with E-state index in [-0.39, 0.29) is 24.1 Å². The Balaban J connectivity index is 1.33. The number of carbonyl (C=O) groups is 2. The number of anilines is 2. The molecule has 0 spiro atoms. The summed E-state index contributed by atoms with van der Waals surface area (Å²) in [6.45, 7) is 6.41. The number of carbonyl (C=O) groups excluding carboxylic acids is 2. The summed E-state index contributed by atoms with van der Waals surface area (Å²) in [5.74, 6) is 1.79. The van der Waals surface area contributed by atoms with Crippen LogP contribution in [-0.4, -0.2) is 96.3 Å². The van der Waals surface area contributed by atoms with Crippen molar-refractivity contribution in [2.45, 2.75) is 37.8 Å². The van der Waals surface area contributed by atoms with Gasteiger partial charge in [-0.3, -0.25) is 0 Å². The summed E-state index contributed by atoms with van der Waals surface area (Å²) in [5.41, 5.74) is 0. The summed E-state index contributed by atoms with van der Waals surface area (Å²) in [7, 11) is 0. The van der Waals surface area contributed by atoms with Gasteiger partial charge < -0.3 is 30.2 Å². The average Bonchev–Trinajstić information content (AvgIpc) is 3.42. The van der Waals surface area contributed by atoms with Crippen LogP contribution in [-0.2, 0) is 0 Å². The predicted molar refractivity (Wildman–Crippen MR) is 113 cm³/mol. The van der Waals surface area contributed by atoms with Gasteiger partial charge in [0, 0.05) is 64.8 Å². The van der Waals surface area contributed by atoms with Crippen LogP contribution in [0, 0.1) is 0 Å². The van der Waals surface area contributed by atoms with Crippen LogP contribution in [0.25, 0.3) is 0 Å². The van der Waals surface area contributed by atoms with Gasteiger partial charge in [-0.25, -0.2) is 19.6 Å². The lowest BCUT2D eigenvalue weighted by Crippen LogP contribution is -2.51. The fraction of sp³-hybridized carbons (Fsp3) is 0.700. The minimum Gasteiger partial charge on any atom is -0.351 e. The van der Waals surface area contributed by atoms with Crippen LogP contribution in [0.2, 0.25) is 0 Å². The van der Waals surface area contributed by atoms with Crippen molar-refractivity contribution in [3.05, 3.63) is 12.4 Å². The van der Waals surface area contributed by atoms with Crippen molar-refractivity contribution >= 4 is 23.7 Å². The molecule has 2 N–H and O–H groups in total. The Kier molecular flexibility index (Phi) is 5.22. The van der Waals surface area contributed by atoms with Crippen molar-refractivity contribution in [2.24, 2.45) is 0 Å². The second-order valence-corrected chi connectivity index (χ2v) is 8.54. The fourth-order valence-corrected chi connectivity index (χ4v) is 5.24.